The fourth-order valence-corrected chi connectivity index (χ4v) is 1.81. The summed E-state index contributed by atoms with van der Waals surface area (Å²) in [4.78, 5) is 0. The van der Waals surface area contributed by atoms with Crippen LogP contribution in [-0.4, -0.2) is 27.3 Å². The first-order valence-electron chi connectivity index (χ1n) is 6.01. The lowest BCUT2D eigenvalue weighted by Crippen LogP contribution is -2.27. The number of nitrogen functional groups attached to an aromatic ring is 1. The lowest BCUT2D eigenvalue weighted by atomic mass is 10.2. The molecule has 0 unspecified atom stereocenters. The first-order chi connectivity index (χ1) is 7.91. The monoisotopic (exact) mass is 256 g/mol. The highest BCUT2D eigenvalue weighted by molar-refractivity contribution is 7.99. The van der Waals surface area contributed by atoms with E-state index in [1.165, 1.54) is 0 Å². The summed E-state index contributed by atoms with van der Waals surface area (Å²) in [5, 5.41) is 7.85. The van der Waals surface area contributed by atoms with Crippen molar-refractivity contribution in [3.05, 3.63) is 5.69 Å². The summed E-state index contributed by atoms with van der Waals surface area (Å²) >= 11 is 1.84. The van der Waals surface area contributed by atoms with E-state index in [0.29, 0.717) is 0 Å². The Hall–Kier alpha value is -0.840. The molecule has 0 aliphatic rings. The van der Waals surface area contributed by atoms with Gasteiger partial charge >= 0.3 is 0 Å². The molecule has 17 heavy (non-hydrogen) atoms. The first-order valence-corrected chi connectivity index (χ1v) is 7.24. The van der Waals surface area contributed by atoms with Crippen molar-refractivity contribution in [2.75, 3.05) is 23.9 Å². The van der Waals surface area contributed by atoms with Gasteiger partial charge in [-0.3, -0.25) is 4.68 Å². The van der Waals surface area contributed by atoms with Gasteiger partial charge in [0.05, 0.1) is 11.4 Å². The van der Waals surface area contributed by atoms with Gasteiger partial charge in [0.15, 0.2) is 0 Å². The van der Waals surface area contributed by atoms with E-state index >= 15 is 0 Å². The summed E-state index contributed by atoms with van der Waals surface area (Å²) in [5.41, 5.74) is 7.91. The minimum absolute atomic E-state index is 0.196. The number of hydrogen-bond acceptors (Lipinski definition) is 4. The van der Waals surface area contributed by atoms with Gasteiger partial charge in [-0.1, -0.05) is 13.3 Å². The van der Waals surface area contributed by atoms with E-state index in [1.54, 1.807) is 0 Å². The number of nitrogens with zero attached hydrogens (tertiary/aromatic N) is 2. The van der Waals surface area contributed by atoms with Crippen molar-refractivity contribution in [2.45, 2.75) is 38.4 Å². The molecule has 0 spiro atoms. The van der Waals surface area contributed by atoms with Crippen LogP contribution in [0, 0.1) is 0 Å². The fourth-order valence-electron chi connectivity index (χ4n) is 1.60. The summed E-state index contributed by atoms with van der Waals surface area (Å²) in [6, 6.07) is 0. The zero-order valence-electron chi connectivity index (χ0n) is 11.5. The minimum atomic E-state index is 0.196. The van der Waals surface area contributed by atoms with Crippen LogP contribution in [0.2, 0.25) is 0 Å². The van der Waals surface area contributed by atoms with Crippen molar-refractivity contribution >= 4 is 23.3 Å². The molecular weight excluding hydrogens is 232 g/mol. The molecule has 5 heteroatoms. The fraction of sp³-hybridized carbons (Fsp3) is 0.750. The predicted octanol–water partition coefficient (Wildman–Crippen LogP) is 2.51. The molecule has 98 valence electrons. The van der Waals surface area contributed by atoms with Crippen molar-refractivity contribution in [1.82, 2.24) is 9.78 Å². The summed E-state index contributed by atoms with van der Waals surface area (Å²) in [6.45, 7) is 7.44. The molecule has 0 aliphatic heterocycles. The maximum atomic E-state index is 6.11. The quantitative estimate of drug-likeness (QED) is 0.821. The first kappa shape index (κ1) is 14.2. The standard InChI is InChI=1S/C12H24N4S/c1-6-7-9-10(13)11(16(4)15-9)14-8-12(2,3)17-5/h14H,6-8,13H2,1-5H3. The number of aryl methyl sites for hydroxylation is 2. The SMILES string of the molecule is CCCc1nn(C)c(NCC(C)(C)SC)c1N. The third-order valence-corrected chi connectivity index (χ3v) is 4.13. The van der Waals surface area contributed by atoms with Gasteiger partial charge in [-0.2, -0.15) is 16.9 Å². The van der Waals surface area contributed by atoms with Gasteiger partial charge in [0.1, 0.15) is 5.82 Å². The maximum Gasteiger partial charge on any atom is 0.147 e. The van der Waals surface area contributed by atoms with Crippen molar-refractivity contribution in [3.8, 4) is 0 Å². The van der Waals surface area contributed by atoms with Crippen molar-refractivity contribution in [3.63, 3.8) is 0 Å². The predicted molar refractivity (Wildman–Crippen MR) is 77.7 cm³/mol. The zero-order chi connectivity index (χ0) is 13.1. The molecule has 0 aromatic carbocycles. The maximum absolute atomic E-state index is 6.11. The number of nitrogens with one attached hydrogen (secondary N) is 1. The molecule has 1 rings (SSSR count). The van der Waals surface area contributed by atoms with Crippen LogP contribution in [-0.2, 0) is 13.5 Å². The van der Waals surface area contributed by atoms with Crippen LogP contribution in [0.5, 0.6) is 0 Å². The highest BCUT2D eigenvalue weighted by Gasteiger charge is 2.18. The molecule has 0 amide bonds. The van der Waals surface area contributed by atoms with Gasteiger partial charge < -0.3 is 11.1 Å². The lowest BCUT2D eigenvalue weighted by molar-refractivity contribution is 0.713. The number of hydrogen-bond donors (Lipinski definition) is 2. The van der Waals surface area contributed by atoms with Gasteiger partial charge in [0.25, 0.3) is 0 Å². The Labute approximate surface area is 108 Å². The smallest absolute Gasteiger partial charge is 0.147 e. The summed E-state index contributed by atoms with van der Waals surface area (Å²) < 4.78 is 2.04. The third-order valence-electron chi connectivity index (χ3n) is 2.88. The topological polar surface area (TPSA) is 55.9 Å². The highest BCUT2D eigenvalue weighted by Crippen LogP contribution is 2.26. The Kier molecular flexibility index (Phi) is 4.74. The Morgan fingerprint density at radius 3 is 2.65 bits per heavy atom. The van der Waals surface area contributed by atoms with Crippen LogP contribution >= 0.6 is 11.8 Å². The van der Waals surface area contributed by atoms with Crippen LogP contribution in [0.4, 0.5) is 11.5 Å². The van der Waals surface area contributed by atoms with E-state index in [0.717, 1.165) is 36.6 Å². The highest BCUT2D eigenvalue weighted by atomic mass is 32.2. The van der Waals surface area contributed by atoms with E-state index < -0.39 is 0 Å². The van der Waals surface area contributed by atoms with Gasteiger partial charge in [0, 0.05) is 18.3 Å². The molecule has 0 bridgehead atoms. The van der Waals surface area contributed by atoms with Crippen LogP contribution in [0.3, 0.4) is 0 Å². The molecular formula is C12H24N4S. The van der Waals surface area contributed by atoms with E-state index in [1.807, 2.05) is 23.5 Å². The molecule has 0 aliphatic carbocycles. The molecule has 3 N–H and O–H groups in total. The van der Waals surface area contributed by atoms with E-state index in [9.17, 15) is 0 Å². The Bertz CT molecular complexity index is 371. The van der Waals surface area contributed by atoms with E-state index in [4.69, 9.17) is 5.73 Å². The number of aromatic nitrogens is 2. The Morgan fingerprint density at radius 2 is 2.12 bits per heavy atom. The molecule has 0 saturated heterocycles. The molecule has 1 aromatic rings. The molecule has 1 aromatic heterocycles. The van der Waals surface area contributed by atoms with Gasteiger partial charge in [-0.25, -0.2) is 0 Å². The van der Waals surface area contributed by atoms with Crippen molar-refractivity contribution < 1.29 is 0 Å². The van der Waals surface area contributed by atoms with Crippen LogP contribution < -0.4 is 11.1 Å². The third kappa shape index (κ3) is 3.56. The summed E-state index contributed by atoms with van der Waals surface area (Å²) in [5.74, 6) is 0.940. The number of rotatable bonds is 6. The second kappa shape index (κ2) is 5.67. The van der Waals surface area contributed by atoms with Gasteiger partial charge in [0.2, 0.25) is 0 Å². The molecule has 0 radical (unpaired) electrons. The zero-order valence-corrected chi connectivity index (χ0v) is 12.3. The second-order valence-corrected chi connectivity index (χ2v) is 6.41. The minimum Gasteiger partial charge on any atom is -0.394 e. The Morgan fingerprint density at radius 1 is 1.47 bits per heavy atom. The second-order valence-electron chi connectivity index (χ2n) is 4.90. The molecule has 0 saturated carbocycles. The molecule has 4 nitrogen and oxygen atoms in total. The number of anilines is 2. The average Bonchev–Trinajstić information content (AvgIpc) is 2.53. The average molecular weight is 256 g/mol. The van der Waals surface area contributed by atoms with Gasteiger partial charge in [-0.15, -0.1) is 0 Å². The number of thioether (sulfide) groups is 1. The molecule has 1 heterocycles. The normalized spacial score (nSPS) is 11.8. The van der Waals surface area contributed by atoms with Crippen molar-refractivity contribution in [2.24, 2.45) is 7.05 Å². The summed E-state index contributed by atoms with van der Waals surface area (Å²) in [7, 11) is 1.93. The van der Waals surface area contributed by atoms with Crippen LogP contribution in [0.15, 0.2) is 0 Å². The molecule has 0 atom stereocenters. The van der Waals surface area contributed by atoms with E-state index in [-0.39, 0.29) is 4.75 Å². The van der Waals surface area contributed by atoms with Crippen LogP contribution in [0.25, 0.3) is 0 Å². The van der Waals surface area contributed by atoms with E-state index in [2.05, 4.69) is 37.4 Å². The lowest BCUT2D eigenvalue weighted by Gasteiger charge is -2.23. The van der Waals surface area contributed by atoms with Gasteiger partial charge in [-0.05, 0) is 26.5 Å². The van der Waals surface area contributed by atoms with Crippen LogP contribution in [0.1, 0.15) is 32.9 Å². The Balaban J connectivity index is 2.77. The summed E-state index contributed by atoms with van der Waals surface area (Å²) in [6.07, 6.45) is 4.13. The van der Waals surface area contributed by atoms with Crippen molar-refractivity contribution in [1.29, 1.82) is 0 Å². The molecule has 0 fully saturated rings. The number of nitrogens with two attached hydrogens (primary N) is 1. The largest absolute Gasteiger partial charge is 0.394 e.